The molecule has 1 aliphatic rings. The maximum Gasteiger partial charge on any atom is 0.338 e. The van der Waals surface area contributed by atoms with Crippen LogP contribution in [0, 0.1) is 0 Å². The summed E-state index contributed by atoms with van der Waals surface area (Å²) in [5, 5.41) is 0. The summed E-state index contributed by atoms with van der Waals surface area (Å²) in [5.74, 6) is -0.951. The first-order valence-corrected chi connectivity index (χ1v) is 9.09. The second-order valence-corrected chi connectivity index (χ2v) is 6.03. The molecule has 0 bridgehead atoms. The summed E-state index contributed by atoms with van der Waals surface area (Å²) in [4.78, 5) is 23.5. The van der Waals surface area contributed by atoms with Crippen LogP contribution in [-0.2, 0) is 23.7 Å². The molecule has 0 radical (unpaired) electrons. The van der Waals surface area contributed by atoms with Gasteiger partial charge in [0, 0.05) is 19.1 Å². The van der Waals surface area contributed by atoms with Crippen molar-refractivity contribution in [1.29, 1.82) is 0 Å². The molecule has 0 amide bonds. The molecule has 1 saturated heterocycles. The highest BCUT2D eigenvalue weighted by molar-refractivity contribution is 5.89. The number of ether oxygens (including phenoxy) is 4. The predicted octanol–water partition coefficient (Wildman–Crippen LogP) is 3.43. The zero-order chi connectivity index (χ0) is 19.3. The van der Waals surface area contributed by atoms with Gasteiger partial charge >= 0.3 is 11.9 Å². The lowest BCUT2D eigenvalue weighted by molar-refractivity contribution is -0.155. The molecule has 1 aliphatic heterocycles. The van der Waals surface area contributed by atoms with Gasteiger partial charge in [0.25, 0.3) is 0 Å². The normalized spacial score (nSPS) is 18.5. The third-order valence-electron chi connectivity index (χ3n) is 3.97. The first kappa shape index (κ1) is 20.9. The molecule has 0 aromatic heterocycles. The van der Waals surface area contributed by atoms with Gasteiger partial charge in [0.05, 0.1) is 19.3 Å². The van der Waals surface area contributed by atoms with Crippen LogP contribution in [0.5, 0.6) is 0 Å². The van der Waals surface area contributed by atoms with E-state index in [9.17, 15) is 9.59 Å². The maximum atomic E-state index is 12.2. The molecule has 0 spiro atoms. The van der Waals surface area contributed by atoms with Crippen molar-refractivity contribution in [2.45, 2.75) is 38.1 Å². The van der Waals surface area contributed by atoms with Crippen molar-refractivity contribution >= 4 is 11.9 Å². The van der Waals surface area contributed by atoms with Crippen molar-refractivity contribution in [1.82, 2.24) is 0 Å². The molecule has 27 heavy (non-hydrogen) atoms. The lowest BCUT2D eigenvalue weighted by atomic mass is 10.2. The van der Waals surface area contributed by atoms with Gasteiger partial charge in [-0.05, 0) is 37.5 Å². The van der Waals surface area contributed by atoms with Gasteiger partial charge in [-0.2, -0.15) is 0 Å². The molecular formula is C21H26O6. The van der Waals surface area contributed by atoms with Crippen LogP contribution in [0.25, 0.3) is 0 Å². The third kappa shape index (κ3) is 8.19. The zero-order valence-corrected chi connectivity index (χ0v) is 15.5. The van der Waals surface area contributed by atoms with Gasteiger partial charge in [-0.3, -0.25) is 0 Å². The van der Waals surface area contributed by atoms with Crippen molar-refractivity contribution in [3.05, 3.63) is 60.2 Å². The Labute approximate surface area is 159 Å². The van der Waals surface area contributed by atoms with Crippen molar-refractivity contribution < 1.29 is 28.5 Å². The molecule has 1 heterocycles. The average molecular weight is 374 g/mol. The lowest BCUT2D eigenvalue weighted by Gasteiger charge is -2.21. The Bertz CT molecular complexity index is 631. The highest BCUT2D eigenvalue weighted by atomic mass is 16.7. The van der Waals surface area contributed by atoms with Crippen molar-refractivity contribution in [3.63, 3.8) is 0 Å². The molecule has 1 fully saturated rings. The second-order valence-electron chi connectivity index (χ2n) is 6.03. The van der Waals surface area contributed by atoms with Crippen molar-refractivity contribution in [2.24, 2.45) is 0 Å². The Kier molecular flexibility index (Phi) is 9.30. The Morgan fingerprint density at radius 1 is 1.22 bits per heavy atom. The number of carbonyl (C=O) groups excluding carboxylic acids is 2. The van der Waals surface area contributed by atoms with Crippen LogP contribution in [-0.4, -0.2) is 44.7 Å². The SMILES string of the molecule is COC(=O)/C=C\[C@@H](C/C=C/COC1CCCCO1)OC(=O)c1ccccc1. The number of esters is 2. The standard InChI is InChI=1S/C21H26O6/c1-24-19(22)14-13-18(27-21(23)17-9-3-2-4-10-17)11-5-7-15-25-20-12-6-8-16-26-20/h2-5,7,9-10,13-14,18,20H,6,8,11-12,15-16H2,1H3/b7-5+,14-13-/t18-,20?/m1/s1. The van der Waals surface area contributed by atoms with E-state index in [2.05, 4.69) is 4.74 Å². The quantitative estimate of drug-likeness (QED) is 0.375. The molecule has 6 nitrogen and oxygen atoms in total. The van der Waals surface area contributed by atoms with Crippen molar-refractivity contribution in [2.75, 3.05) is 20.3 Å². The number of carbonyl (C=O) groups is 2. The highest BCUT2D eigenvalue weighted by Gasteiger charge is 2.14. The second kappa shape index (κ2) is 12.0. The van der Waals surface area contributed by atoms with Gasteiger partial charge in [0.2, 0.25) is 0 Å². The van der Waals surface area contributed by atoms with E-state index in [-0.39, 0.29) is 6.29 Å². The minimum absolute atomic E-state index is 0.144. The number of benzene rings is 1. The third-order valence-corrected chi connectivity index (χ3v) is 3.97. The van der Waals surface area contributed by atoms with Crippen LogP contribution in [0.2, 0.25) is 0 Å². The molecular weight excluding hydrogens is 348 g/mol. The van der Waals surface area contributed by atoms with E-state index in [0.29, 0.717) is 18.6 Å². The number of hydrogen-bond donors (Lipinski definition) is 0. The largest absolute Gasteiger partial charge is 0.466 e. The van der Waals surface area contributed by atoms with Crippen molar-refractivity contribution in [3.8, 4) is 0 Å². The summed E-state index contributed by atoms with van der Waals surface area (Å²) in [6, 6.07) is 8.71. The lowest BCUT2D eigenvalue weighted by Crippen LogP contribution is -2.22. The molecule has 0 aliphatic carbocycles. The van der Waals surface area contributed by atoms with E-state index in [1.54, 1.807) is 24.3 Å². The molecule has 2 rings (SSSR count). The summed E-state index contributed by atoms with van der Waals surface area (Å²) in [6.45, 7) is 1.16. The van der Waals surface area contributed by atoms with Crippen LogP contribution in [0.15, 0.2) is 54.6 Å². The summed E-state index contributed by atoms with van der Waals surface area (Å²) in [6.07, 6.45) is 9.27. The van der Waals surface area contributed by atoms with Gasteiger partial charge in [0.1, 0.15) is 6.10 Å². The molecule has 0 N–H and O–H groups in total. The molecule has 6 heteroatoms. The molecule has 2 atom stereocenters. The van der Waals surface area contributed by atoms with E-state index in [1.807, 2.05) is 18.2 Å². The minimum Gasteiger partial charge on any atom is -0.466 e. The van der Waals surface area contributed by atoms with Crippen LogP contribution in [0.1, 0.15) is 36.0 Å². The Hall–Kier alpha value is -2.44. The number of hydrogen-bond acceptors (Lipinski definition) is 6. The zero-order valence-electron chi connectivity index (χ0n) is 15.5. The molecule has 1 aromatic carbocycles. The van der Waals surface area contributed by atoms with Crippen LogP contribution in [0.3, 0.4) is 0 Å². The van der Waals surface area contributed by atoms with E-state index in [0.717, 1.165) is 25.9 Å². The fourth-order valence-corrected chi connectivity index (χ4v) is 2.50. The monoisotopic (exact) mass is 374 g/mol. The summed E-state index contributed by atoms with van der Waals surface area (Å²) in [7, 11) is 1.29. The van der Waals surface area contributed by atoms with Gasteiger partial charge in [-0.25, -0.2) is 9.59 Å². The molecule has 1 unspecified atom stereocenters. The summed E-state index contributed by atoms with van der Waals surface area (Å²) < 4.78 is 21.2. The van der Waals surface area contributed by atoms with E-state index >= 15 is 0 Å². The molecule has 146 valence electrons. The maximum absolute atomic E-state index is 12.2. The van der Waals surface area contributed by atoms with Crippen LogP contribution >= 0.6 is 0 Å². The Balaban J connectivity index is 1.85. The number of rotatable bonds is 9. The Morgan fingerprint density at radius 2 is 2.04 bits per heavy atom. The smallest absolute Gasteiger partial charge is 0.338 e. The summed E-state index contributed by atoms with van der Waals surface area (Å²) >= 11 is 0. The fraction of sp³-hybridized carbons (Fsp3) is 0.429. The van der Waals surface area contributed by atoms with E-state index < -0.39 is 18.0 Å². The minimum atomic E-state index is -0.584. The number of methoxy groups -OCH3 is 1. The fourth-order valence-electron chi connectivity index (χ4n) is 2.50. The topological polar surface area (TPSA) is 71.1 Å². The van der Waals surface area contributed by atoms with Crippen LogP contribution < -0.4 is 0 Å². The first-order valence-electron chi connectivity index (χ1n) is 9.09. The Morgan fingerprint density at radius 3 is 2.74 bits per heavy atom. The molecule has 1 aromatic rings. The van der Waals surface area contributed by atoms with Crippen LogP contribution in [0.4, 0.5) is 0 Å². The first-order chi connectivity index (χ1) is 13.2. The average Bonchev–Trinajstić information content (AvgIpc) is 2.72. The van der Waals surface area contributed by atoms with E-state index in [1.165, 1.54) is 19.3 Å². The highest BCUT2D eigenvalue weighted by Crippen LogP contribution is 2.14. The summed E-state index contributed by atoms with van der Waals surface area (Å²) in [5.41, 5.74) is 0.454. The van der Waals surface area contributed by atoms with Gasteiger partial charge in [-0.1, -0.05) is 30.4 Å². The predicted molar refractivity (Wildman–Crippen MR) is 100 cm³/mol. The van der Waals surface area contributed by atoms with Gasteiger partial charge < -0.3 is 18.9 Å². The van der Waals surface area contributed by atoms with Gasteiger partial charge in [0.15, 0.2) is 6.29 Å². The van der Waals surface area contributed by atoms with Gasteiger partial charge in [-0.15, -0.1) is 0 Å². The molecule has 0 saturated carbocycles. The van der Waals surface area contributed by atoms with E-state index in [4.69, 9.17) is 14.2 Å².